The molecule has 0 radical (unpaired) electrons. The van der Waals surface area contributed by atoms with Gasteiger partial charge in [0.1, 0.15) is 23.9 Å². The molecule has 1 aromatic rings. The van der Waals surface area contributed by atoms with Gasteiger partial charge in [0, 0.05) is 0 Å². The maximum absolute atomic E-state index is 13.0. The number of hydrogen-bond acceptors (Lipinski definition) is 8. The molecule has 3 amide bonds. The van der Waals surface area contributed by atoms with Gasteiger partial charge in [-0.2, -0.15) is 0 Å². The van der Waals surface area contributed by atoms with Crippen molar-refractivity contribution in [3.8, 4) is 5.75 Å². The van der Waals surface area contributed by atoms with Crippen molar-refractivity contribution in [2.45, 2.75) is 83.1 Å². The van der Waals surface area contributed by atoms with Crippen molar-refractivity contribution in [1.29, 1.82) is 0 Å². The van der Waals surface area contributed by atoms with Crippen LogP contribution in [-0.4, -0.2) is 75.8 Å². The van der Waals surface area contributed by atoms with Crippen molar-refractivity contribution in [1.82, 2.24) is 16.0 Å². The van der Waals surface area contributed by atoms with Gasteiger partial charge < -0.3 is 42.7 Å². The molecule has 0 aliphatic rings. The zero-order valence-electron chi connectivity index (χ0n) is 21.6. The lowest BCUT2D eigenvalue weighted by Gasteiger charge is -2.29. The van der Waals surface area contributed by atoms with Gasteiger partial charge in [-0.15, -0.1) is 0 Å². The van der Waals surface area contributed by atoms with Crippen molar-refractivity contribution < 1.29 is 34.5 Å². The molecule has 0 saturated carbocycles. The fraction of sp³-hybridized carbons (Fsp3) is 0.600. The SMILES string of the molecule is CCC(C)C(NC(=O)C(NC(=O)C(N)Cc1ccc(O)cc1)C(C)O)C(=O)NC(CCCCN)C(=O)O. The summed E-state index contributed by atoms with van der Waals surface area (Å²) in [4.78, 5) is 50.3. The summed E-state index contributed by atoms with van der Waals surface area (Å²) in [5.74, 6) is -3.68. The lowest BCUT2D eigenvalue weighted by Crippen LogP contribution is -2.61. The number of hydrogen-bond donors (Lipinski definition) is 8. The van der Waals surface area contributed by atoms with Crippen LogP contribution in [0.1, 0.15) is 52.0 Å². The van der Waals surface area contributed by atoms with Gasteiger partial charge in [0.2, 0.25) is 17.7 Å². The average molecular weight is 524 g/mol. The standard InChI is InChI=1S/C25H41N5O7/c1-4-14(2)20(23(34)28-19(25(36)37)7-5-6-12-26)29-24(35)21(15(3)31)30-22(33)18(27)13-16-8-10-17(32)11-9-16/h8-11,14-15,18-21,31-32H,4-7,12-13,26-27H2,1-3H3,(H,28,34)(H,29,35)(H,30,33)(H,36,37). The van der Waals surface area contributed by atoms with Gasteiger partial charge in [-0.3, -0.25) is 14.4 Å². The third-order valence-electron chi connectivity index (χ3n) is 6.15. The molecular formula is C25H41N5O7. The summed E-state index contributed by atoms with van der Waals surface area (Å²) in [5, 5.41) is 36.5. The smallest absolute Gasteiger partial charge is 0.326 e. The Balaban J connectivity index is 2.92. The van der Waals surface area contributed by atoms with Gasteiger partial charge in [-0.1, -0.05) is 32.4 Å². The molecule has 1 rings (SSSR count). The lowest BCUT2D eigenvalue weighted by molar-refractivity contribution is -0.143. The van der Waals surface area contributed by atoms with E-state index in [0.717, 1.165) is 0 Å². The van der Waals surface area contributed by atoms with Crippen LogP contribution in [0.5, 0.6) is 5.75 Å². The molecule has 0 aliphatic heterocycles. The summed E-state index contributed by atoms with van der Waals surface area (Å²) in [6.07, 6.45) is 0.606. The first-order chi connectivity index (χ1) is 17.4. The van der Waals surface area contributed by atoms with Crippen LogP contribution in [0.25, 0.3) is 0 Å². The summed E-state index contributed by atoms with van der Waals surface area (Å²) in [7, 11) is 0. The molecule has 6 atom stereocenters. The Kier molecular flexibility index (Phi) is 13.6. The molecular weight excluding hydrogens is 482 g/mol. The Hall–Kier alpha value is -3.22. The molecule has 6 unspecified atom stereocenters. The minimum absolute atomic E-state index is 0.0674. The fourth-order valence-electron chi connectivity index (χ4n) is 3.60. The van der Waals surface area contributed by atoms with E-state index >= 15 is 0 Å². The number of carbonyl (C=O) groups is 4. The minimum atomic E-state index is -1.41. The van der Waals surface area contributed by atoms with Crippen molar-refractivity contribution in [2.75, 3.05) is 6.54 Å². The Morgan fingerprint density at radius 1 is 0.919 bits per heavy atom. The summed E-state index contributed by atoms with van der Waals surface area (Å²) in [5.41, 5.74) is 12.1. The number of carboxylic acid groups (broad SMARTS) is 1. The minimum Gasteiger partial charge on any atom is -0.508 e. The average Bonchev–Trinajstić information content (AvgIpc) is 2.85. The molecule has 12 nitrogen and oxygen atoms in total. The first-order valence-electron chi connectivity index (χ1n) is 12.5. The number of amides is 3. The normalized spacial score (nSPS) is 15.9. The third-order valence-corrected chi connectivity index (χ3v) is 6.15. The number of aromatic hydroxyl groups is 1. The predicted octanol–water partition coefficient (Wildman–Crippen LogP) is -0.643. The number of phenols is 1. The van der Waals surface area contributed by atoms with Crippen LogP contribution in [0.3, 0.4) is 0 Å². The molecule has 0 spiro atoms. The second-order valence-corrected chi connectivity index (χ2v) is 9.26. The van der Waals surface area contributed by atoms with E-state index in [1.807, 2.05) is 6.92 Å². The largest absolute Gasteiger partial charge is 0.508 e. The highest BCUT2D eigenvalue weighted by Crippen LogP contribution is 2.12. The zero-order chi connectivity index (χ0) is 28.1. The van der Waals surface area contributed by atoms with E-state index in [-0.39, 0.29) is 24.5 Å². The van der Waals surface area contributed by atoms with Gasteiger partial charge in [0.15, 0.2) is 0 Å². The molecule has 12 heteroatoms. The van der Waals surface area contributed by atoms with Crippen molar-refractivity contribution in [2.24, 2.45) is 17.4 Å². The molecule has 0 aliphatic carbocycles. The van der Waals surface area contributed by atoms with Crippen LogP contribution in [0.15, 0.2) is 24.3 Å². The molecule has 208 valence electrons. The van der Waals surface area contributed by atoms with E-state index in [1.54, 1.807) is 19.1 Å². The highest BCUT2D eigenvalue weighted by molar-refractivity contribution is 5.94. The van der Waals surface area contributed by atoms with Crippen molar-refractivity contribution in [3.63, 3.8) is 0 Å². The molecule has 37 heavy (non-hydrogen) atoms. The van der Waals surface area contributed by atoms with E-state index in [9.17, 15) is 34.5 Å². The molecule has 1 aromatic carbocycles. The maximum atomic E-state index is 13.0. The number of aliphatic carboxylic acids is 1. The van der Waals surface area contributed by atoms with E-state index in [0.29, 0.717) is 31.4 Å². The van der Waals surface area contributed by atoms with Crippen LogP contribution in [-0.2, 0) is 25.6 Å². The molecule has 10 N–H and O–H groups in total. The van der Waals surface area contributed by atoms with Crippen LogP contribution >= 0.6 is 0 Å². The Morgan fingerprint density at radius 3 is 2.00 bits per heavy atom. The highest BCUT2D eigenvalue weighted by atomic mass is 16.4. The topological polar surface area (TPSA) is 217 Å². The Bertz CT molecular complexity index is 894. The van der Waals surface area contributed by atoms with Gasteiger partial charge in [-0.05, 0) is 62.8 Å². The Labute approximate surface area is 217 Å². The first kappa shape index (κ1) is 31.8. The van der Waals surface area contributed by atoms with Gasteiger partial charge >= 0.3 is 5.97 Å². The summed E-state index contributed by atoms with van der Waals surface area (Å²) >= 11 is 0. The fourth-order valence-corrected chi connectivity index (χ4v) is 3.60. The number of rotatable bonds is 16. The predicted molar refractivity (Wildman–Crippen MR) is 137 cm³/mol. The number of carboxylic acids is 1. The monoisotopic (exact) mass is 523 g/mol. The maximum Gasteiger partial charge on any atom is 0.326 e. The van der Waals surface area contributed by atoms with E-state index < -0.39 is 54.0 Å². The lowest BCUT2D eigenvalue weighted by atomic mass is 9.96. The molecule has 0 saturated heterocycles. The van der Waals surface area contributed by atoms with Gasteiger partial charge in [0.25, 0.3) is 0 Å². The van der Waals surface area contributed by atoms with Crippen molar-refractivity contribution in [3.05, 3.63) is 29.8 Å². The summed E-state index contributed by atoms with van der Waals surface area (Å²) < 4.78 is 0. The van der Waals surface area contributed by atoms with Crippen LogP contribution in [0, 0.1) is 5.92 Å². The number of nitrogens with two attached hydrogens (primary N) is 2. The zero-order valence-corrected chi connectivity index (χ0v) is 21.6. The number of nitrogens with one attached hydrogen (secondary N) is 3. The number of unbranched alkanes of at least 4 members (excludes halogenated alkanes) is 1. The Morgan fingerprint density at radius 2 is 1.49 bits per heavy atom. The second-order valence-electron chi connectivity index (χ2n) is 9.26. The number of aliphatic hydroxyl groups excluding tert-OH is 1. The van der Waals surface area contributed by atoms with Crippen molar-refractivity contribution >= 4 is 23.7 Å². The van der Waals surface area contributed by atoms with Crippen LogP contribution in [0.4, 0.5) is 0 Å². The van der Waals surface area contributed by atoms with E-state index in [2.05, 4.69) is 16.0 Å². The second kappa shape index (κ2) is 15.8. The van der Waals surface area contributed by atoms with E-state index in [4.69, 9.17) is 11.5 Å². The van der Waals surface area contributed by atoms with Crippen LogP contribution in [0.2, 0.25) is 0 Å². The van der Waals surface area contributed by atoms with Gasteiger partial charge in [-0.25, -0.2) is 4.79 Å². The third kappa shape index (κ3) is 10.7. The summed E-state index contributed by atoms with van der Waals surface area (Å²) in [6.45, 7) is 5.24. The number of carbonyl (C=O) groups excluding carboxylic acids is 3. The van der Waals surface area contributed by atoms with Crippen LogP contribution < -0.4 is 27.4 Å². The number of benzene rings is 1. The summed E-state index contributed by atoms with van der Waals surface area (Å²) in [6, 6.07) is 1.44. The molecule has 0 aromatic heterocycles. The number of phenolic OH excluding ortho intramolecular Hbond substituents is 1. The molecule has 0 heterocycles. The van der Waals surface area contributed by atoms with E-state index in [1.165, 1.54) is 19.1 Å². The quantitative estimate of drug-likeness (QED) is 0.129. The molecule has 0 fully saturated rings. The number of aliphatic hydroxyl groups is 1. The highest BCUT2D eigenvalue weighted by Gasteiger charge is 2.34. The van der Waals surface area contributed by atoms with Gasteiger partial charge in [0.05, 0.1) is 12.1 Å². The molecule has 0 bridgehead atoms. The first-order valence-corrected chi connectivity index (χ1v) is 12.5.